The summed E-state index contributed by atoms with van der Waals surface area (Å²) in [4.78, 5) is 16.7. The first kappa shape index (κ1) is 19.5. The van der Waals surface area contributed by atoms with Crippen LogP contribution in [0.15, 0.2) is 63.7 Å². The predicted molar refractivity (Wildman–Crippen MR) is 105 cm³/mol. The third kappa shape index (κ3) is 4.01. The molecule has 0 aromatic heterocycles. The Labute approximate surface area is 164 Å². The second-order valence-corrected chi connectivity index (χ2v) is 6.68. The fourth-order valence-corrected chi connectivity index (χ4v) is 3.54. The first-order valence-corrected chi connectivity index (χ1v) is 8.87. The van der Waals surface area contributed by atoms with Crippen molar-refractivity contribution in [2.75, 3.05) is 14.2 Å². The molecule has 1 aliphatic heterocycles. The minimum Gasteiger partial charge on any atom is -0.506 e. The van der Waals surface area contributed by atoms with Gasteiger partial charge in [0.15, 0.2) is 11.5 Å². The summed E-state index contributed by atoms with van der Waals surface area (Å²) in [7, 11) is 2.63. The number of esters is 1. The zero-order valence-corrected chi connectivity index (χ0v) is 15.8. The number of rotatable bonds is 4. The van der Waals surface area contributed by atoms with Crippen LogP contribution in [-0.2, 0) is 9.53 Å². The molecule has 2 aromatic carbocycles. The smallest absolute Gasteiger partial charge is 0.344 e. The lowest BCUT2D eigenvalue weighted by molar-refractivity contribution is -0.135. The summed E-state index contributed by atoms with van der Waals surface area (Å²) in [6, 6.07) is 10.3. The van der Waals surface area contributed by atoms with Crippen molar-refractivity contribution in [2.24, 2.45) is 4.99 Å². The topological polar surface area (TPSA) is 88.4 Å². The molecule has 0 atom stereocenters. The molecule has 0 unspecified atom stereocenters. The number of carbonyl (C=O) groups excluding carboxylic acids is 1. The zero-order valence-electron chi connectivity index (χ0n) is 15.0. The van der Waals surface area contributed by atoms with Gasteiger partial charge < -0.3 is 19.7 Å². The summed E-state index contributed by atoms with van der Waals surface area (Å²) in [6.07, 6.45) is 1.58. The number of aliphatic imine (C=N–C) groups is 1. The molecule has 0 amide bonds. The molecule has 144 valence electrons. The number of benzene rings is 2. The Morgan fingerprint density at radius 1 is 1.18 bits per heavy atom. The van der Waals surface area contributed by atoms with Crippen LogP contribution in [0.5, 0.6) is 11.5 Å². The van der Waals surface area contributed by atoms with Crippen molar-refractivity contribution in [3.63, 3.8) is 0 Å². The van der Waals surface area contributed by atoms with Gasteiger partial charge in [-0.15, -0.1) is 0 Å². The van der Waals surface area contributed by atoms with Crippen molar-refractivity contribution >= 4 is 34.5 Å². The van der Waals surface area contributed by atoms with E-state index in [1.54, 1.807) is 24.3 Å². The van der Waals surface area contributed by atoms with Crippen LogP contribution in [0.1, 0.15) is 5.56 Å². The fraction of sp³-hybridized carbons (Fsp3) is 0.100. The average Bonchev–Trinajstić information content (AvgIpc) is 2.96. The summed E-state index contributed by atoms with van der Waals surface area (Å²) < 4.78 is 23.2. The number of thioether (sulfide) groups is 1. The molecule has 1 heterocycles. The Morgan fingerprint density at radius 3 is 2.61 bits per heavy atom. The molecule has 0 bridgehead atoms. The Kier molecular flexibility index (Phi) is 5.70. The van der Waals surface area contributed by atoms with Crippen molar-refractivity contribution in [3.05, 3.63) is 70.1 Å². The number of halogens is 1. The number of methoxy groups -OCH3 is 2. The van der Waals surface area contributed by atoms with E-state index in [1.807, 2.05) is 0 Å². The quantitative estimate of drug-likeness (QED) is 0.741. The number of carbonyl (C=O) groups is 1. The summed E-state index contributed by atoms with van der Waals surface area (Å²) in [5, 5.41) is 20.6. The largest absolute Gasteiger partial charge is 0.506 e. The van der Waals surface area contributed by atoms with Gasteiger partial charge in [0.2, 0.25) is 0 Å². The number of phenolic OH excluding ortho intramolecular Hbond substituents is 1. The second-order valence-electron chi connectivity index (χ2n) is 5.65. The van der Waals surface area contributed by atoms with Crippen LogP contribution in [0.25, 0.3) is 6.08 Å². The van der Waals surface area contributed by atoms with Crippen LogP contribution in [0, 0.1) is 5.82 Å². The van der Waals surface area contributed by atoms with E-state index in [0.29, 0.717) is 21.9 Å². The second kappa shape index (κ2) is 8.18. The maximum Gasteiger partial charge on any atom is 0.344 e. The number of phenols is 1. The first-order chi connectivity index (χ1) is 13.4. The van der Waals surface area contributed by atoms with Gasteiger partial charge in [0.05, 0.1) is 24.8 Å². The van der Waals surface area contributed by atoms with E-state index in [0.717, 1.165) is 11.8 Å². The highest BCUT2D eigenvalue weighted by Crippen LogP contribution is 2.40. The number of aliphatic hydroxyl groups excluding tert-OH is 1. The van der Waals surface area contributed by atoms with E-state index in [2.05, 4.69) is 4.99 Å². The Balaban J connectivity index is 2.04. The lowest BCUT2D eigenvalue weighted by atomic mass is 10.1. The molecule has 0 saturated carbocycles. The molecule has 28 heavy (non-hydrogen) atoms. The molecular weight excluding hydrogens is 385 g/mol. The molecule has 0 radical (unpaired) electrons. The van der Waals surface area contributed by atoms with E-state index in [-0.39, 0.29) is 22.1 Å². The molecule has 1 aliphatic rings. The number of nitrogens with zero attached hydrogens (tertiary/aromatic N) is 1. The van der Waals surface area contributed by atoms with Gasteiger partial charge in [-0.05, 0) is 42.0 Å². The van der Waals surface area contributed by atoms with Crippen LogP contribution in [-0.4, -0.2) is 35.4 Å². The monoisotopic (exact) mass is 401 g/mol. The molecule has 2 N–H and O–H groups in total. The van der Waals surface area contributed by atoms with Crippen molar-refractivity contribution in [3.8, 4) is 11.5 Å². The standard InChI is InChI=1S/C20H16FNO5S/c1-26-15-7-6-11(8-14(15)23)9-16-18(24)17(20(25)27-2)19(28-16)22-13-5-3-4-12(21)10-13/h3-10,23-24H,1-2H3/b16-9+,22-19?. The van der Waals surface area contributed by atoms with Gasteiger partial charge in [-0.25, -0.2) is 14.2 Å². The first-order valence-electron chi connectivity index (χ1n) is 8.06. The Bertz CT molecular complexity index is 1030. The molecule has 0 spiro atoms. The van der Waals surface area contributed by atoms with Gasteiger partial charge >= 0.3 is 5.97 Å². The minimum atomic E-state index is -0.763. The predicted octanol–water partition coefficient (Wildman–Crippen LogP) is 4.34. The molecule has 0 fully saturated rings. The SMILES string of the molecule is COC(=O)C1=C(O)/C(=C\c2ccc(OC)c(O)c2)SC1=Nc1cccc(F)c1. The van der Waals surface area contributed by atoms with Crippen molar-refractivity contribution in [1.29, 1.82) is 0 Å². The van der Waals surface area contributed by atoms with E-state index >= 15 is 0 Å². The third-order valence-corrected chi connectivity index (χ3v) is 4.84. The van der Waals surface area contributed by atoms with Gasteiger partial charge in [-0.1, -0.05) is 23.9 Å². The minimum absolute atomic E-state index is 0.0647. The van der Waals surface area contributed by atoms with Crippen molar-refractivity contribution in [2.45, 2.75) is 0 Å². The molecule has 2 aromatic rings. The average molecular weight is 401 g/mol. The van der Waals surface area contributed by atoms with Crippen LogP contribution in [0.3, 0.4) is 0 Å². The molecule has 6 nitrogen and oxygen atoms in total. The molecule has 0 saturated heterocycles. The van der Waals surface area contributed by atoms with Crippen LogP contribution < -0.4 is 4.74 Å². The normalized spacial score (nSPS) is 16.7. The van der Waals surface area contributed by atoms with Crippen LogP contribution in [0.4, 0.5) is 10.1 Å². The van der Waals surface area contributed by atoms with Crippen molar-refractivity contribution < 1.29 is 28.9 Å². The maximum atomic E-state index is 13.4. The summed E-state index contributed by atoms with van der Waals surface area (Å²) >= 11 is 1.03. The Hall–Kier alpha value is -3.26. The van der Waals surface area contributed by atoms with E-state index in [9.17, 15) is 19.4 Å². The summed E-state index contributed by atoms with van der Waals surface area (Å²) in [6.45, 7) is 0. The van der Waals surface area contributed by atoms with Crippen LogP contribution >= 0.6 is 11.8 Å². The lowest BCUT2D eigenvalue weighted by Gasteiger charge is -2.04. The fourth-order valence-electron chi connectivity index (χ4n) is 2.50. The van der Waals surface area contributed by atoms with Gasteiger partial charge in [0.25, 0.3) is 0 Å². The summed E-state index contributed by atoms with van der Waals surface area (Å²) in [5.41, 5.74) is 0.754. The molecule has 3 rings (SSSR count). The maximum absolute atomic E-state index is 13.4. The lowest BCUT2D eigenvalue weighted by Crippen LogP contribution is -2.10. The van der Waals surface area contributed by atoms with Gasteiger partial charge in [-0.3, -0.25) is 0 Å². The third-order valence-electron chi connectivity index (χ3n) is 3.82. The molecule has 8 heteroatoms. The van der Waals surface area contributed by atoms with E-state index in [4.69, 9.17) is 9.47 Å². The van der Waals surface area contributed by atoms with Gasteiger partial charge in [0.1, 0.15) is 22.2 Å². The highest BCUT2D eigenvalue weighted by molar-refractivity contribution is 8.18. The van der Waals surface area contributed by atoms with Gasteiger partial charge in [-0.2, -0.15) is 0 Å². The Morgan fingerprint density at radius 2 is 1.96 bits per heavy atom. The number of ether oxygens (including phenoxy) is 2. The highest BCUT2D eigenvalue weighted by atomic mass is 32.2. The van der Waals surface area contributed by atoms with Crippen LogP contribution in [0.2, 0.25) is 0 Å². The zero-order chi connectivity index (χ0) is 20.3. The number of aliphatic hydroxyl groups is 1. The molecular formula is C20H16FNO5S. The van der Waals surface area contributed by atoms with E-state index < -0.39 is 11.8 Å². The van der Waals surface area contributed by atoms with E-state index in [1.165, 1.54) is 38.5 Å². The van der Waals surface area contributed by atoms with Crippen molar-refractivity contribution in [1.82, 2.24) is 0 Å². The summed E-state index contributed by atoms with van der Waals surface area (Å²) in [5.74, 6) is -1.29. The van der Waals surface area contributed by atoms with Gasteiger partial charge in [0, 0.05) is 0 Å². The molecule has 0 aliphatic carbocycles. The number of aromatic hydroxyl groups is 1. The number of hydrogen-bond acceptors (Lipinski definition) is 7. The highest BCUT2D eigenvalue weighted by Gasteiger charge is 2.33. The number of hydrogen-bond donors (Lipinski definition) is 2.